The zero-order valence-electron chi connectivity index (χ0n) is 12.3. The average Bonchev–Trinajstić information content (AvgIpc) is 2.41. The van der Waals surface area contributed by atoms with Gasteiger partial charge in [0, 0.05) is 12.6 Å². The zero-order valence-corrected chi connectivity index (χ0v) is 12.3. The van der Waals surface area contributed by atoms with Crippen molar-refractivity contribution >= 4 is 0 Å². The van der Waals surface area contributed by atoms with Crippen LogP contribution in [0.4, 0.5) is 0 Å². The summed E-state index contributed by atoms with van der Waals surface area (Å²) in [6.07, 6.45) is 0.870. The molecule has 0 aliphatic rings. The van der Waals surface area contributed by atoms with Crippen molar-refractivity contribution in [2.45, 2.75) is 39.8 Å². The molecule has 106 valence electrons. The van der Waals surface area contributed by atoms with Gasteiger partial charge in [-0.05, 0) is 37.5 Å². The largest absolute Gasteiger partial charge is 0.319 e. The van der Waals surface area contributed by atoms with Gasteiger partial charge in [0.05, 0.1) is 11.7 Å². The van der Waals surface area contributed by atoms with Crippen LogP contribution >= 0.6 is 0 Å². The van der Waals surface area contributed by atoms with Gasteiger partial charge in [-0.15, -0.1) is 0 Å². The number of aryl methyl sites for hydroxylation is 3. The van der Waals surface area contributed by atoms with Crippen molar-refractivity contribution in [3.8, 4) is 0 Å². The van der Waals surface area contributed by atoms with E-state index >= 15 is 0 Å². The Kier molecular flexibility index (Phi) is 4.35. The molecule has 2 rings (SSSR count). The van der Waals surface area contributed by atoms with E-state index < -0.39 is 0 Å². The monoisotopic (exact) mass is 271 g/mol. The molecule has 4 nitrogen and oxygen atoms in total. The first-order valence-electron chi connectivity index (χ1n) is 6.93. The number of nitrogens with two attached hydrogens (primary N) is 1. The van der Waals surface area contributed by atoms with Crippen LogP contribution in [0, 0.1) is 13.8 Å². The highest BCUT2D eigenvalue weighted by Crippen LogP contribution is 2.21. The second-order valence-electron chi connectivity index (χ2n) is 5.16. The third-order valence-electron chi connectivity index (χ3n) is 3.40. The lowest BCUT2D eigenvalue weighted by molar-refractivity contribution is 0.548. The molecule has 1 heterocycles. The van der Waals surface area contributed by atoms with Gasteiger partial charge in [0.2, 0.25) is 0 Å². The molecule has 0 saturated heterocycles. The fourth-order valence-electron chi connectivity index (χ4n) is 2.34. The summed E-state index contributed by atoms with van der Waals surface area (Å²) in [5.74, 6) is 0. The van der Waals surface area contributed by atoms with E-state index in [1.165, 1.54) is 10.2 Å². The smallest absolute Gasteiger partial charge is 0.266 e. The first-order valence-corrected chi connectivity index (χ1v) is 6.93. The van der Waals surface area contributed by atoms with Crippen LogP contribution in [-0.2, 0) is 6.54 Å². The summed E-state index contributed by atoms with van der Waals surface area (Å²) in [6.45, 7) is 6.74. The maximum atomic E-state index is 11.7. The van der Waals surface area contributed by atoms with Gasteiger partial charge in [0.25, 0.3) is 5.56 Å². The highest BCUT2D eigenvalue weighted by Gasteiger charge is 2.14. The highest BCUT2D eigenvalue weighted by molar-refractivity contribution is 5.36. The number of nitrogens with zero attached hydrogens (tertiary/aromatic N) is 2. The molecule has 4 heteroatoms. The highest BCUT2D eigenvalue weighted by atomic mass is 16.1. The summed E-state index contributed by atoms with van der Waals surface area (Å²) in [5, 5.41) is 4.38. The van der Waals surface area contributed by atoms with Gasteiger partial charge >= 0.3 is 0 Å². The summed E-state index contributed by atoms with van der Waals surface area (Å²) >= 11 is 0. The Hall–Kier alpha value is -1.94. The predicted octanol–water partition coefficient (Wildman–Crippen LogP) is 2.32. The second kappa shape index (κ2) is 6.01. The lowest BCUT2D eigenvalue weighted by Gasteiger charge is -2.16. The Bertz CT molecular complexity index is 661. The fraction of sp³-hybridized carbons (Fsp3) is 0.375. The molecular weight excluding hydrogens is 250 g/mol. The minimum atomic E-state index is -0.306. The molecule has 2 aromatic rings. The normalized spacial score (nSPS) is 12.4. The molecular formula is C16H21N3O. The van der Waals surface area contributed by atoms with Crippen LogP contribution in [0.2, 0.25) is 0 Å². The number of benzene rings is 1. The number of rotatable bonds is 4. The third kappa shape index (κ3) is 2.96. The molecule has 0 fully saturated rings. The van der Waals surface area contributed by atoms with Crippen molar-refractivity contribution in [1.29, 1.82) is 0 Å². The zero-order chi connectivity index (χ0) is 14.7. The van der Waals surface area contributed by atoms with Gasteiger partial charge in [-0.1, -0.05) is 30.7 Å². The fourth-order valence-corrected chi connectivity index (χ4v) is 2.34. The molecule has 1 atom stereocenters. The standard InChI is InChI=1S/C16H21N3O/c1-4-9-19-15(20)8-7-14(18-19)16(17)13-6-5-11(2)10-12(13)3/h5-8,10,16H,4,9,17H2,1-3H3. The van der Waals surface area contributed by atoms with Crippen molar-refractivity contribution in [2.75, 3.05) is 0 Å². The summed E-state index contributed by atoms with van der Waals surface area (Å²) in [6, 6.07) is 9.15. The minimum absolute atomic E-state index is 0.0802. The number of hydrogen-bond acceptors (Lipinski definition) is 3. The van der Waals surface area contributed by atoms with E-state index in [1.807, 2.05) is 26.0 Å². The molecule has 0 aliphatic heterocycles. The maximum Gasteiger partial charge on any atom is 0.266 e. The van der Waals surface area contributed by atoms with Crippen LogP contribution in [-0.4, -0.2) is 9.78 Å². The molecule has 0 bridgehead atoms. The van der Waals surface area contributed by atoms with E-state index in [0.29, 0.717) is 6.54 Å². The van der Waals surface area contributed by atoms with Crippen LogP contribution in [0.3, 0.4) is 0 Å². The Morgan fingerprint density at radius 3 is 2.65 bits per heavy atom. The maximum absolute atomic E-state index is 11.7. The summed E-state index contributed by atoms with van der Waals surface area (Å²) in [4.78, 5) is 11.7. The van der Waals surface area contributed by atoms with Crippen molar-refractivity contribution in [1.82, 2.24) is 9.78 Å². The van der Waals surface area contributed by atoms with Gasteiger partial charge in [-0.2, -0.15) is 5.10 Å². The van der Waals surface area contributed by atoms with Gasteiger partial charge in [-0.3, -0.25) is 4.79 Å². The Morgan fingerprint density at radius 1 is 1.25 bits per heavy atom. The van der Waals surface area contributed by atoms with Crippen LogP contribution in [0.15, 0.2) is 35.1 Å². The van der Waals surface area contributed by atoms with Gasteiger partial charge in [-0.25, -0.2) is 4.68 Å². The predicted molar refractivity (Wildman–Crippen MR) is 80.7 cm³/mol. The molecule has 0 amide bonds. The molecule has 20 heavy (non-hydrogen) atoms. The lowest BCUT2D eigenvalue weighted by atomic mass is 9.97. The van der Waals surface area contributed by atoms with Crippen LogP contribution in [0.25, 0.3) is 0 Å². The van der Waals surface area contributed by atoms with Crippen molar-refractivity contribution in [2.24, 2.45) is 5.73 Å². The number of hydrogen-bond donors (Lipinski definition) is 1. The van der Waals surface area contributed by atoms with Gasteiger partial charge in [0.1, 0.15) is 0 Å². The van der Waals surface area contributed by atoms with Crippen molar-refractivity contribution in [3.05, 3.63) is 63.1 Å². The SMILES string of the molecule is CCCn1nc(C(N)c2ccc(C)cc2C)ccc1=O. The Morgan fingerprint density at radius 2 is 2.00 bits per heavy atom. The van der Waals surface area contributed by atoms with Crippen LogP contribution in [0.5, 0.6) is 0 Å². The summed E-state index contributed by atoms with van der Waals surface area (Å²) in [5.41, 5.74) is 10.4. The Labute approximate surface area is 119 Å². The molecule has 1 aromatic carbocycles. The molecule has 1 aromatic heterocycles. The second-order valence-corrected chi connectivity index (χ2v) is 5.16. The average molecular weight is 271 g/mol. The topological polar surface area (TPSA) is 60.9 Å². The van der Waals surface area contributed by atoms with E-state index in [0.717, 1.165) is 23.2 Å². The molecule has 0 aliphatic carbocycles. The van der Waals surface area contributed by atoms with E-state index in [2.05, 4.69) is 18.1 Å². The summed E-state index contributed by atoms with van der Waals surface area (Å²) < 4.78 is 1.48. The Balaban J connectivity index is 2.40. The van der Waals surface area contributed by atoms with Crippen molar-refractivity contribution < 1.29 is 0 Å². The van der Waals surface area contributed by atoms with Crippen LogP contribution in [0.1, 0.15) is 41.8 Å². The minimum Gasteiger partial charge on any atom is -0.319 e. The summed E-state index contributed by atoms with van der Waals surface area (Å²) in [7, 11) is 0. The van der Waals surface area contributed by atoms with Gasteiger partial charge in [0.15, 0.2) is 0 Å². The first-order chi connectivity index (χ1) is 9.52. The number of aromatic nitrogens is 2. The quantitative estimate of drug-likeness (QED) is 0.928. The van der Waals surface area contributed by atoms with E-state index in [1.54, 1.807) is 12.1 Å². The molecule has 2 N–H and O–H groups in total. The molecule has 1 unspecified atom stereocenters. The van der Waals surface area contributed by atoms with E-state index in [-0.39, 0.29) is 11.6 Å². The van der Waals surface area contributed by atoms with E-state index in [4.69, 9.17) is 5.73 Å². The lowest BCUT2D eigenvalue weighted by Crippen LogP contribution is -2.26. The van der Waals surface area contributed by atoms with Crippen molar-refractivity contribution in [3.63, 3.8) is 0 Å². The van der Waals surface area contributed by atoms with Crippen LogP contribution < -0.4 is 11.3 Å². The first kappa shape index (κ1) is 14.5. The molecule has 0 radical (unpaired) electrons. The molecule has 0 saturated carbocycles. The van der Waals surface area contributed by atoms with Gasteiger partial charge < -0.3 is 5.73 Å². The third-order valence-corrected chi connectivity index (χ3v) is 3.40. The van der Waals surface area contributed by atoms with E-state index in [9.17, 15) is 4.79 Å². The molecule has 0 spiro atoms.